The Balaban J connectivity index is 1.20. The Kier molecular flexibility index (Phi) is 6.54. The number of benzene rings is 3. The van der Waals surface area contributed by atoms with Crippen LogP contribution in [0, 0.1) is 11.7 Å². The molecule has 4 heteroatoms. The van der Waals surface area contributed by atoms with Gasteiger partial charge in [-0.25, -0.2) is 4.39 Å². The van der Waals surface area contributed by atoms with Gasteiger partial charge in [-0.1, -0.05) is 36.8 Å². The van der Waals surface area contributed by atoms with Crippen LogP contribution < -0.4 is 5.32 Å². The van der Waals surface area contributed by atoms with Crippen LogP contribution in [0.2, 0.25) is 0 Å². The van der Waals surface area contributed by atoms with Crippen LogP contribution in [0.4, 0.5) is 10.1 Å². The fourth-order valence-electron chi connectivity index (χ4n) is 5.23. The summed E-state index contributed by atoms with van der Waals surface area (Å²) in [6.45, 7) is 3.75. The van der Waals surface area contributed by atoms with Crippen LogP contribution in [-0.4, -0.2) is 30.4 Å². The molecule has 5 rings (SSSR count). The Labute approximate surface area is 195 Å². The topological polar surface area (TPSA) is 32.3 Å². The molecule has 33 heavy (non-hydrogen) atoms. The van der Waals surface area contributed by atoms with Gasteiger partial charge in [0, 0.05) is 17.8 Å². The van der Waals surface area contributed by atoms with Crippen molar-refractivity contribution in [2.75, 3.05) is 25.0 Å². The number of likely N-dealkylation sites (tertiary alicyclic amines) is 1. The van der Waals surface area contributed by atoms with Crippen LogP contribution in [0.25, 0.3) is 11.1 Å². The van der Waals surface area contributed by atoms with Gasteiger partial charge in [0.2, 0.25) is 0 Å². The van der Waals surface area contributed by atoms with Gasteiger partial charge in [-0.2, -0.15) is 0 Å². The molecule has 1 N–H and O–H groups in total. The number of hydrogen-bond donors (Lipinski definition) is 1. The normalized spacial score (nSPS) is 18.5. The van der Waals surface area contributed by atoms with E-state index in [1.165, 1.54) is 68.6 Å². The summed E-state index contributed by atoms with van der Waals surface area (Å²) in [4.78, 5) is 15.4. The average molecular weight is 443 g/mol. The maximum Gasteiger partial charge on any atom is 0.255 e. The Hall–Kier alpha value is -2.98. The number of halogens is 1. The van der Waals surface area contributed by atoms with Crippen LogP contribution in [0.3, 0.4) is 0 Å². The van der Waals surface area contributed by atoms with E-state index in [0.717, 1.165) is 35.6 Å². The molecule has 1 amide bonds. The second kappa shape index (κ2) is 9.88. The molecule has 3 aromatic carbocycles. The second-order valence-electron chi connectivity index (χ2n) is 9.49. The number of aryl methyl sites for hydroxylation is 1. The van der Waals surface area contributed by atoms with Gasteiger partial charge in [-0.15, -0.1) is 0 Å². The van der Waals surface area contributed by atoms with Crippen LogP contribution in [0.1, 0.15) is 47.2 Å². The van der Waals surface area contributed by atoms with Gasteiger partial charge in [0.15, 0.2) is 0 Å². The molecule has 0 aromatic heterocycles. The first-order valence-electron chi connectivity index (χ1n) is 12.2. The highest BCUT2D eigenvalue weighted by Crippen LogP contribution is 2.29. The minimum atomic E-state index is -0.252. The van der Waals surface area contributed by atoms with E-state index < -0.39 is 0 Å². The quantitative estimate of drug-likeness (QED) is 0.500. The Morgan fingerprint density at radius 1 is 0.879 bits per heavy atom. The zero-order valence-electron chi connectivity index (χ0n) is 19.0. The van der Waals surface area contributed by atoms with Crippen molar-refractivity contribution < 1.29 is 9.18 Å². The van der Waals surface area contributed by atoms with E-state index >= 15 is 0 Å². The SMILES string of the molecule is O=C(Nc1ccc2c(c1)CCC(CN1CCCCC1)C2)c1ccc(-c2ccc(F)cc2)cc1. The lowest BCUT2D eigenvalue weighted by Crippen LogP contribution is -2.36. The number of rotatable bonds is 5. The van der Waals surface area contributed by atoms with E-state index in [-0.39, 0.29) is 11.7 Å². The van der Waals surface area contributed by atoms with Gasteiger partial charge < -0.3 is 10.2 Å². The highest BCUT2D eigenvalue weighted by atomic mass is 19.1. The summed E-state index contributed by atoms with van der Waals surface area (Å²) in [7, 11) is 0. The Morgan fingerprint density at radius 2 is 1.58 bits per heavy atom. The summed E-state index contributed by atoms with van der Waals surface area (Å²) in [6, 6.07) is 20.2. The molecule has 0 spiro atoms. The lowest BCUT2D eigenvalue weighted by atomic mass is 9.83. The molecule has 0 saturated carbocycles. The first-order valence-corrected chi connectivity index (χ1v) is 12.2. The number of hydrogen-bond acceptors (Lipinski definition) is 2. The minimum absolute atomic E-state index is 0.112. The molecule has 2 aliphatic rings. The highest BCUT2D eigenvalue weighted by Gasteiger charge is 2.22. The fraction of sp³-hybridized carbons (Fsp3) is 0.345. The molecule has 170 valence electrons. The van der Waals surface area contributed by atoms with Crippen molar-refractivity contribution in [1.82, 2.24) is 4.90 Å². The number of carbonyl (C=O) groups excluding carboxylic acids is 1. The number of nitrogens with zero attached hydrogens (tertiary/aromatic N) is 1. The van der Waals surface area contributed by atoms with E-state index in [2.05, 4.69) is 22.3 Å². The molecule has 1 unspecified atom stereocenters. The van der Waals surface area contributed by atoms with Crippen LogP contribution in [0.5, 0.6) is 0 Å². The lowest BCUT2D eigenvalue weighted by molar-refractivity contribution is 0.102. The molecule has 1 aliphatic carbocycles. The van der Waals surface area contributed by atoms with Gasteiger partial charge in [0.05, 0.1) is 0 Å². The molecular formula is C29H31FN2O. The lowest BCUT2D eigenvalue weighted by Gasteiger charge is -2.33. The summed E-state index contributed by atoms with van der Waals surface area (Å²) in [5.41, 5.74) is 6.16. The number of fused-ring (bicyclic) bond motifs is 1. The van der Waals surface area contributed by atoms with Crippen molar-refractivity contribution in [2.24, 2.45) is 5.92 Å². The van der Waals surface area contributed by atoms with Crippen molar-refractivity contribution in [1.29, 1.82) is 0 Å². The van der Waals surface area contributed by atoms with E-state index in [9.17, 15) is 9.18 Å². The second-order valence-corrected chi connectivity index (χ2v) is 9.49. The van der Waals surface area contributed by atoms with Crippen molar-refractivity contribution in [2.45, 2.75) is 38.5 Å². The van der Waals surface area contributed by atoms with Gasteiger partial charge >= 0.3 is 0 Å². The van der Waals surface area contributed by atoms with Crippen LogP contribution >= 0.6 is 0 Å². The molecule has 1 atom stereocenters. The average Bonchev–Trinajstić information content (AvgIpc) is 2.85. The van der Waals surface area contributed by atoms with Crippen molar-refractivity contribution in [3.05, 3.63) is 89.2 Å². The van der Waals surface area contributed by atoms with Gasteiger partial charge in [-0.05, 0) is 110 Å². The summed E-state index contributed by atoms with van der Waals surface area (Å²) in [6.07, 6.45) is 7.54. The summed E-state index contributed by atoms with van der Waals surface area (Å²) >= 11 is 0. The van der Waals surface area contributed by atoms with E-state index in [1.807, 2.05) is 30.3 Å². The molecule has 0 radical (unpaired) electrons. The maximum atomic E-state index is 13.1. The first-order chi connectivity index (χ1) is 16.1. The molecule has 3 nitrogen and oxygen atoms in total. The molecule has 3 aromatic rings. The van der Waals surface area contributed by atoms with Crippen molar-refractivity contribution in [3.63, 3.8) is 0 Å². The summed E-state index contributed by atoms with van der Waals surface area (Å²) in [5, 5.41) is 3.06. The van der Waals surface area contributed by atoms with Crippen molar-refractivity contribution in [3.8, 4) is 11.1 Å². The highest BCUT2D eigenvalue weighted by molar-refractivity contribution is 6.04. The standard InChI is InChI=1S/C29H31FN2O/c30-27-13-10-23(11-14-27)22-6-8-24(9-7-22)29(33)31-28-15-12-25-18-21(4-5-26(25)19-28)20-32-16-2-1-3-17-32/h6-15,19,21H,1-5,16-18,20H2,(H,31,33). The van der Waals surface area contributed by atoms with E-state index in [0.29, 0.717) is 5.56 Å². The zero-order valence-corrected chi connectivity index (χ0v) is 19.0. The van der Waals surface area contributed by atoms with E-state index in [1.54, 1.807) is 12.1 Å². The van der Waals surface area contributed by atoms with Gasteiger partial charge in [-0.3, -0.25) is 4.79 Å². The molecule has 1 saturated heterocycles. The number of nitrogens with one attached hydrogen (secondary N) is 1. The van der Waals surface area contributed by atoms with Gasteiger partial charge in [0.25, 0.3) is 5.91 Å². The molecule has 1 fully saturated rings. The maximum absolute atomic E-state index is 13.1. The fourth-order valence-corrected chi connectivity index (χ4v) is 5.23. The van der Waals surface area contributed by atoms with Crippen LogP contribution in [0.15, 0.2) is 66.7 Å². The number of amides is 1. The number of carbonyl (C=O) groups is 1. The predicted molar refractivity (Wildman–Crippen MR) is 132 cm³/mol. The Bertz CT molecular complexity index is 1100. The predicted octanol–water partition coefficient (Wildman–Crippen LogP) is 6.34. The third-order valence-corrected chi connectivity index (χ3v) is 7.08. The van der Waals surface area contributed by atoms with Crippen LogP contribution in [-0.2, 0) is 12.8 Å². The van der Waals surface area contributed by atoms with Crippen molar-refractivity contribution >= 4 is 11.6 Å². The Morgan fingerprint density at radius 3 is 2.30 bits per heavy atom. The third-order valence-electron chi connectivity index (χ3n) is 7.08. The number of anilines is 1. The first kappa shape index (κ1) is 21.8. The monoisotopic (exact) mass is 442 g/mol. The summed E-state index contributed by atoms with van der Waals surface area (Å²) in [5.74, 6) is 0.382. The number of piperidine rings is 1. The third kappa shape index (κ3) is 5.33. The summed E-state index contributed by atoms with van der Waals surface area (Å²) < 4.78 is 13.1. The zero-order chi connectivity index (χ0) is 22.6. The molecule has 1 aliphatic heterocycles. The smallest absolute Gasteiger partial charge is 0.255 e. The molecule has 1 heterocycles. The van der Waals surface area contributed by atoms with Gasteiger partial charge in [0.1, 0.15) is 5.82 Å². The molecule has 0 bridgehead atoms. The largest absolute Gasteiger partial charge is 0.322 e. The van der Waals surface area contributed by atoms with E-state index in [4.69, 9.17) is 0 Å². The molecular weight excluding hydrogens is 411 g/mol. The minimum Gasteiger partial charge on any atom is -0.322 e.